The second-order valence-corrected chi connectivity index (χ2v) is 6.77. The molecule has 0 saturated carbocycles. The molecule has 3 rings (SSSR count). The number of rotatable bonds is 5. The molecule has 2 aliphatic rings. The van der Waals surface area contributed by atoms with Crippen LogP contribution in [0.2, 0.25) is 0 Å². The van der Waals surface area contributed by atoms with Gasteiger partial charge in [-0.2, -0.15) is 11.8 Å². The molecule has 1 unspecified atom stereocenters. The third-order valence-electron chi connectivity index (χ3n) is 3.75. The number of halogens is 1. The lowest BCUT2D eigenvalue weighted by Crippen LogP contribution is -2.40. The fourth-order valence-corrected chi connectivity index (χ4v) is 3.84. The third kappa shape index (κ3) is 5.07. The van der Waals surface area contributed by atoms with Gasteiger partial charge in [0.25, 0.3) is 0 Å². The second kappa shape index (κ2) is 9.46. The first-order valence-corrected chi connectivity index (χ1v) is 8.93. The van der Waals surface area contributed by atoms with Crippen molar-refractivity contribution < 1.29 is 9.47 Å². The van der Waals surface area contributed by atoms with Gasteiger partial charge in [0.2, 0.25) is 6.79 Å². The molecule has 1 aromatic rings. The Morgan fingerprint density at radius 3 is 3.04 bits per heavy atom. The number of nitrogens with zero attached hydrogens (tertiary/aromatic N) is 1. The molecule has 1 atom stereocenters. The molecule has 0 radical (unpaired) electrons. The normalized spacial score (nSPS) is 19.3. The van der Waals surface area contributed by atoms with Crippen molar-refractivity contribution in [3.05, 3.63) is 23.8 Å². The van der Waals surface area contributed by atoms with Crippen molar-refractivity contribution >= 4 is 41.7 Å². The molecule has 0 aliphatic carbocycles. The third-order valence-corrected chi connectivity index (χ3v) is 5.15. The van der Waals surface area contributed by atoms with Crippen LogP contribution in [0.25, 0.3) is 0 Å². The number of hydrogen-bond donors (Lipinski definition) is 2. The Balaban J connectivity index is 0.00000192. The molecule has 7 heteroatoms. The predicted octanol–water partition coefficient (Wildman–Crippen LogP) is 2.98. The van der Waals surface area contributed by atoms with E-state index < -0.39 is 0 Å². The van der Waals surface area contributed by atoms with Crippen molar-refractivity contribution in [3.63, 3.8) is 0 Å². The van der Waals surface area contributed by atoms with Gasteiger partial charge in [0.05, 0.1) is 6.54 Å². The summed E-state index contributed by atoms with van der Waals surface area (Å²) in [5, 5.41) is 7.46. The highest BCUT2D eigenvalue weighted by Gasteiger charge is 2.17. The SMILES string of the molecule is CCNC(=NCc1cccc2c1OCO2)NCC1CCCS1.I. The highest BCUT2D eigenvalue weighted by molar-refractivity contribution is 14.0. The Morgan fingerprint density at radius 1 is 1.35 bits per heavy atom. The van der Waals surface area contributed by atoms with Gasteiger partial charge in [-0.25, -0.2) is 4.99 Å². The van der Waals surface area contributed by atoms with Crippen LogP contribution in [0.1, 0.15) is 25.3 Å². The first-order valence-electron chi connectivity index (χ1n) is 7.88. The van der Waals surface area contributed by atoms with E-state index in [2.05, 4.69) is 34.3 Å². The van der Waals surface area contributed by atoms with Crippen LogP contribution in [0, 0.1) is 0 Å². The number of hydrogen-bond acceptors (Lipinski definition) is 4. The first kappa shape index (κ1) is 18.5. The minimum atomic E-state index is 0. The summed E-state index contributed by atoms with van der Waals surface area (Å²) in [4.78, 5) is 4.67. The lowest BCUT2D eigenvalue weighted by molar-refractivity contribution is 0.173. The van der Waals surface area contributed by atoms with E-state index in [0.29, 0.717) is 18.6 Å². The molecule has 0 amide bonds. The van der Waals surface area contributed by atoms with Crippen LogP contribution < -0.4 is 20.1 Å². The molecule has 2 N–H and O–H groups in total. The fraction of sp³-hybridized carbons (Fsp3) is 0.562. The van der Waals surface area contributed by atoms with E-state index in [1.807, 2.05) is 18.2 Å². The van der Waals surface area contributed by atoms with Crippen molar-refractivity contribution in [2.24, 2.45) is 4.99 Å². The summed E-state index contributed by atoms with van der Waals surface area (Å²) in [5.74, 6) is 3.79. The zero-order valence-electron chi connectivity index (χ0n) is 13.3. The molecule has 1 aromatic carbocycles. The van der Waals surface area contributed by atoms with Gasteiger partial charge in [-0.15, -0.1) is 24.0 Å². The summed E-state index contributed by atoms with van der Waals surface area (Å²) in [6.07, 6.45) is 2.63. The summed E-state index contributed by atoms with van der Waals surface area (Å²) in [6, 6.07) is 5.94. The molecule has 5 nitrogen and oxygen atoms in total. The first-order chi connectivity index (χ1) is 10.9. The molecule has 1 fully saturated rings. The van der Waals surface area contributed by atoms with Gasteiger partial charge in [-0.1, -0.05) is 12.1 Å². The monoisotopic (exact) mass is 449 g/mol. The number of ether oxygens (including phenoxy) is 2. The number of para-hydroxylation sites is 1. The highest BCUT2D eigenvalue weighted by Crippen LogP contribution is 2.35. The summed E-state index contributed by atoms with van der Waals surface area (Å²) in [7, 11) is 0. The fourth-order valence-electron chi connectivity index (χ4n) is 2.64. The molecule has 0 aromatic heterocycles. The summed E-state index contributed by atoms with van der Waals surface area (Å²) in [6.45, 7) is 4.80. The number of thioether (sulfide) groups is 1. The van der Waals surface area contributed by atoms with Crippen LogP contribution in [-0.4, -0.2) is 36.8 Å². The topological polar surface area (TPSA) is 54.9 Å². The molecule has 0 bridgehead atoms. The Morgan fingerprint density at radius 2 is 2.26 bits per heavy atom. The lowest BCUT2D eigenvalue weighted by atomic mass is 10.2. The van der Waals surface area contributed by atoms with Crippen molar-refractivity contribution in [3.8, 4) is 11.5 Å². The number of guanidine groups is 1. The van der Waals surface area contributed by atoms with Crippen LogP contribution >= 0.6 is 35.7 Å². The van der Waals surface area contributed by atoms with Gasteiger partial charge < -0.3 is 20.1 Å². The number of nitrogens with one attached hydrogen (secondary N) is 2. The zero-order valence-corrected chi connectivity index (χ0v) is 16.5. The van der Waals surface area contributed by atoms with Crippen molar-refractivity contribution in [2.45, 2.75) is 31.6 Å². The molecule has 0 spiro atoms. The smallest absolute Gasteiger partial charge is 0.231 e. The minimum Gasteiger partial charge on any atom is -0.454 e. The van der Waals surface area contributed by atoms with E-state index >= 15 is 0 Å². The van der Waals surface area contributed by atoms with E-state index in [4.69, 9.17) is 9.47 Å². The summed E-state index contributed by atoms with van der Waals surface area (Å²) in [5.41, 5.74) is 1.06. The van der Waals surface area contributed by atoms with E-state index in [-0.39, 0.29) is 24.0 Å². The van der Waals surface area contributed by atoms with Gasteiger partial charge in [0.1, 0.15) is 0 Å². The van der Waals surface area contributed by atoms with E-state index in [0.717, 1.165) is 36.1 Å². The van der Waals surface area contributed by atoms with Gasteiger partial charge in [0, 0.05) is 23.9 Å². The largest absolute Gasteiger partial charge is 0.454 e. The summed E-state index contributed by atoms with van der Waals surface area (Å²) < 4.78 is 10.9. The van der Waals surface area contributed by atoms with Crippen molar-refractivity contribution in [1.29, 1.82) is 0 Å². The van der Waals surface area contributed by atoms with Crippen LogP contribution in [-0.2, 0) is 6.54 Å². The molecular weight excluding hydrogens is 425 g/mol. The molecule has 23 heavy (non-hydrogen) atoms. The second-order valence-electron chi connectivity index (χ2n) is 5.36. The van der Waals surface area contributed by atoms with Gasteiger partial charge in [-0.3, -0.25) is 0 Å². The predicted molar refractivity (Wildman–Crippen MR) is 106 cm³/mol. The van der Waals surface area contributed by atoms with Crippen LogP contribution in [0.4, 0.5) is 0 Å². The van der Waals surface area contributed by atoms with E-state index in [1.54, 1.807) is 0 Å². The molecule has 1 saturated heterocycles. The number of fused-ring (bicyclic) bond motifs is 1. The highest BCUT2D eigenvalue weighted by atomic mass is 127. The summed E-state index contributed by atoms with van der Waals surface area (Å²) >= 11 is 2.05. The molecule has 2 aliphatic heterocycles. The zero-order chi connectivity index (χ0) is 15.2. The van der Waals surface area contributed by atoms with Crippen LogP contribution in [0.5, 0.6) is 11.5 Å². The molecule has 2 heterocycles. The quantitative estimate of drug-likeness (QED) is 0.411. The molecule has 128 valence electrons. The van der Waals surface area contributed by atoms with Crippen molar-refractivity contribution in [2.75, 3.05) is 25.6 Å². The minimum absolute atomic E-state index is 0. The number of benzene rings is 1. The lowest BCUT2D eigenvalue weighted by Gasteiger charge is -2.14. The molecular formula is C16H24IN3O2S. The average Bonchev–Trinajstić information content (AvgIpc) is 3.20. The van der Waals surface area contributed by atoms with Gasteiger partial charge in [0.15, 0.2) is 17.5 Å². The van der Waals surface area contributed by atoms with E-state index in [1.165, 1.54) is 18.6 Å². The Hall–Kier alpha value is -0.830. The van der Waals surface area contributed by atoms with Gasteiger partial charge >= 0.3 is 0 Å². The Bertz CT molecular complexity index is 536. The Kier molecular flexibility index (Phi) is 7.61. The average molecular weight is 449 g/mol. The number of aliphatic imine (C=N–C) groups is 1. The Labute approximate surface area is 159 Å². The van der Waals surface area contributed by atoms with E-state index in [9.17, 15) is 0 Å². The van der Waals surface area contributed by atoms with Crippen LogP contribution in [0.3, 0.4) is 0 Å². The van der Waals surface area contributed by atoms with Gasteiger partial charge in [-0.05, 0) is 31.6 Å². The van der Waals surface area contributed by atoms with Crippen molar-refractivity contribution in [1.82, 2.24) is 10.6 Å². The van der Waals surface area contributed by atoms with Crippen LogP contribution in [0.15, 0.2) is 23.2 Å². The maximum Gasteiger partial charge on any atom is 0.231 e. The maximum absolute atomic E-state index is 5.53. The maximum atomic E-state index is 5.53. The standard InChI is InChI=1S/C16H23N3O2S.HI/c1-2-17-16(19-10-13-6-4-8-22-13)18-9-12-5-3-7-14-15(12)21-11-20-14;/h3,5,7,13H,2,4,6,8-11H2,1H3,(H2,17,18,19);1H.